The molecule has 0 fully saturated rings. The molecule has 2 nitrogen and oxygen atoms in total. The minimum Gasteiger partial charge on any atom is -0.293 e. The van der Waals surface area contributed by atoms with Crippen LogP contribution < -0.4 is 0 Å². The molecule has 0 N–H and O–H groups in total. The fourth-order valence-electron chi connectivity index (χ4n) is 1.47. The van der Waals surface area contributed by atoms with Crippen LogP contribution in [0.5, 0.6) is 0 Å². The van der Waals surface area contributed by atoms with Crippen LogP contribution in [-0.4, -0.2) is 20.5 Å². The molecule has 3 atom stereocenters. The number of ketones is 1. The maximum atomic E-state index is 12.1. The Morgan fingerprint density at radius 2 is 1.82 bits per heavy atom. The van der Waals surface area contributed by atoms with Gasteiger partial charge in [-0.15, -0.1) is 0 Å². The van der Waals surface area contributed by atoms with Crippen molar-refractivity contribution in [2.75, 3.05) is 0 Å². The highest BCUT2D eigenvalue weighted by atomic mass is 35.5. The second-order valence-electron chi connectivity index (χ2n) is 4.06. The lowest BCUT2D eigenvalue weighted by Crippen LogP contribution is -2.28. The maximum Gasteiger partial charge on any atom is 0.178 e. The van der Waals surface area contributed by atoms with E-state index in [1.165, 1.54) is 0 Å². The highest BCUT2D eigenvalue weighted by molar-refractivity contribution is 7.87. The summed E-state index contributed by atoms with van der Waals surface area (Å²) in [5, 5.41) is 0.171. The van der Waals surface area contributed by atoms with Gasteiger partial charge in [0.15, 0.2) is 5.78 Å². The molecule has 1 aromatic carbocycles. The van der Waals surface area contributed by atoms with Gasteiger partial charge in [-0.1, -0.05) is 25.4 Å². The summed E-state index contributed by atoms with van der Waals surface area (Å²) in [5.74, 6) is -0.0831. The van der Waals surface area contributed by atoms with Crippen LogP contribution >= 0.6 is 11.6 Å². The van der Waals surface area contributed by atoms with Gasteiger partial charge in [0.2, 0.25) is 0 Å². The van der Waals surface area contributed by atoms with Gasteiger partial charge in [-0.3, -0.25) is 9.00 Å². The minimum absolute atomic E-state index is 0.0428. The Labute approximate surface area is 110 Å². The largest absolute Gasteiger partial charge is 0.293 e. The Kier molecular flexibility index (Phi) is 5.34. The lowest BCUT2D eigenvalue weighted by atomic mass is 10.1. The zero-order valence-corrected chi connectivity index (χ0v) is 11.8. The standard InChI is InChI=1S/C13H17ClO2S/c1-4-9(2)17(16)10(3)13(15)11-5-7-12(14)8-6-11/h5-10H,4H2,1-3H3. The summed E-state index contributed by atoms with van der Waals surface area (Å²) in [4.78, 5) is 12.1. The van der Waals surface area contributed by atoms with Crippen molar-refractivity contribution < 1.29 is 9.00 Å². The minimum atomic E-state index is -1.13. The summed E-state index contributed by atoms with van der Waals surface area (Å²) in [6.45, 7) is 5.60. The Balaban J connectivity index is 2.83. The summed E-state index contributed by atoms with van der Waals surface area (Å²) >= 11 is 5.76. The summed E-state index contributed by atoms with van der Waals surface area (Å²) in [6.07, 6.45) is 0.810. The molecule has 0 heterocycles. The maximum absolute atomic E-state index is 12.1. The molecule has 0 aliphatic rings. The summed E-state index contributed by atoms with van der Waals surface area (Å²) < 4.78 is 12.0. The number of rotatable bonds is 5. The van der Waals surface area contributed by atoms with E-state index in [0.717, 1.165) is 6.42 Å². The van der Waals surface area contributed by atoms with Crippen LogP contribution in [0.1, 0.15) is 37.6 Å². The number of hydrogen-bond acceptors (Lipinski definition) is 2. The van der Waals surface area contributed by atoms with Gasteiger partial charge in [-0.2, -0.15) is 0 Å². The summed E-state index contributed by atoms with van der Waals surface area (Å²) in [5.41, 5.74) is 0.568. The van der Waals surface area contributed by atoms with Crippen molar-refractivity contribution in [1.29, 1.82) is 0 Å². The van der Waals surface area contributed by atoms with Gasteiger partial charge < -0.3 is 0 Å². The fraction of sp³-hybridized carbons (Fsp3) is 0.462. The third-order valence-corrected chi connectivity index (χ3v) is 5.11. The van der Waals surface area contributed by atoms with E-state index in [1.54, 1.807) is 31.2 Å². The molecule has 0 aliphatic heterocycles. The molecule has 0 saturated carbocycles. The molecule has 1 rings (SSSR count). The molecule has 0 aliphatic carbocycles. The molecule has 0 radical (unpaired) electrons. The number of carbonyl (C=O) groups is 1. The monoisotopic (exact) mass is 272 g/mol. The van der Waals surface area contributed by atoms with Crippen molar-refractivity contribution in [2.45, 2.75) is 37.7 Å². The average Bonchev–Trinajstić information content (AvgIpc) is 2.36. The van der Waals surface area contributed by atoms with Crippen molar-refractivity contribution in [1.82, 2.24) is 0 Å². The van der Waals surface area contributed by atoms with Gasteiger partial charge in [0, 0.05) is 26.6 Å². The van der Waals surface area contributed by atoms with Gasteiger partial charge >= 0.3 is 0 Å². The average molecular weight is 273 g/mol. The van der Waals surface area contributed by atoms with Crippen LogP contribution in [0, 0.1) is 0 Å². The van der Waals surface area contributed by atoms with Crippen LogP contribution in [0.25, 0.3) is 0 Å². The second-order valence-corrected chi connectivity index (χ2v) is 6.67. The van der Waals surface area contributed by atoms with Crippen molar-refractivity contribution in [3.63, 3.8) is 0 Å². The third kappa shape index (κ3) is 3.65. The predicted molar refractivity (Wildman–Crippen MR) is 73.1 cm³/mol. The Hall–Kier alpha value is -0.670. The quantitative estimate of drug-likeness (QED) is 0.770. The number of carbonyl (C=O) groups excluding carboxylic acids is 1. The molecule has 0 amide bonds. The van der Waals surface area contributed by atoms with Crippen molar-refractivity contribution in [2.24, 2.45) is 0 Å². The van der Waals surface area contributed by atoms with Crippen molar-refractivity contribution in [3.05, 3.63) is 34.9 Å². The molecule has 0 bridgehead atoms. The van der Waals surface area contributed by atoms with Gasteiger partial charge in [0.05, 0.1) is 5.25 Å². The van der Waals surface area contributed by atoms with Gasteiger partial charge in [-0.05, 0) is 37.6 Å². The fourth-order valence-corrected chi connectivity index (χ4v) is 2.97. The molecule has 1 aromatic rings. The van der Waals surface area contributed by atoms with Crippen LogP contribution in [0.4, 0.5) is 0 Å². The van der Waals surface area contributed by atoms with Crippen LogP contribution in [-0.2, 0) is 10.8 Å². The summed E-state index contributed by atoms with van der Waals surface area (Å²) in [7, 11) is -1.13. The Morgan fingerprint density at radius 1 is 1.29 bits per heavy atom. The van der Waals surface area contributed by atoms with E-state index in [0.29, 0.717) is 10.6 Å². The zero-order chi connectivity index (χ0) is 13.0. The Morgan fingerprint density at radius 3 is 2.29 bits per heavy atom. The first kappa shape index (κ1) is 14.4. The van der Waals surface area contributed by atoms with Crippen LogP contribution in [0.3, 0.4) is 0 Å². The SMILES string of the molecule is CCC(C)S(=O)C(C)C(=O)c1ccc(Cl)cc1. The normalized spacial score (nSPS) is 16.2. The van der Waals surface area contributed by atoms with Gasteiger partial charge in [0.1, 0.15) is 0 Å². The molecule has 94 valence electrons. The van der Waals surface area contributed by atoms with E-state index in [2.05, 4.69) is 0 Å². The second kappa shape index (κ2) is 6.31. The Bertz CT molecular complexity index is 414. The molecular weight excluding hydrogens is 256 g/mol. The van der Waals surface area contributed by atoms with E-state index in [1.807, 2.05) is 13.8 Å². The molecule has 3 unspecified atom stereocenters. The van der Waals surface area contributed by atoms with Crippen molar-refractivity contribution >= 4 is 28.2 Å². The molecule has 17 heavy (non-hydrogen) atoms. The molecule has 0 spiro atoms. The molecule has 0 saturated heterocycles. The smallest absolute Gasteiger partial charge is 0.178 e. The van der Waals surface area contributed by atoms with Crippen LogP contribution in [0.15, 0.2) is 24.3 Å². The van der Waals surface area contributed by atoms with E-state index in [-0.39, 0.29) is 11.0 Å². The number of benzene rings is 1. The predicted octanol–water partition coefficient (Wildman–Crippen LogP) is 3.46. The van der Waals surface area contributed by atoms with Gasteiger partial charge in [0.25, 0.3) is 0 Å². The lowest BCUT2D eigenvalue weighted by Gasteiger charge is -2.15. The number of halogens is 1. The van der Waals surface area contributed by atoms with E-state index in [9.17, 15) is 9.00 Å². The molecule has 4 heteroatoms. The van der Waals surface area contributed by atoms with Gasteiger partial charge in [-0.25, -0.2) is 0 Å². The first-order valence-corrected chi connectivity index (χ1v) is 7.32. The highest BCUT2D eigenvalue weighted by Crippen LogP contribution is 2.15. The topological polar surface area (TPSA) is 34.1 Å². The van der Waals surface area contributed by atoms with E-state index >= 15 is 0 Å². The molecular formula is C13H17ClO2S. The van der Waals surface area contributed by atoms with E-state index in [4.69, 9.17) is 11.6 Å². The first-order valence-electron chi connectivity index (χ1n) is 5.66. The number of Topliss-reactive ketones (excluding diaryl/α,β-unsaturated/α-hetero) is 1. The zero-order valence-electron chi connectivity index (χ0n) is 10.3. The van der Waals surface area contributed by atoms with Crippen LogP contribution in [0.2, 0.25) is 5.02 Å². The van der Waals surface area contributed by atoms with E-state index < -0.39 is 16.0 Å². The lowest BCUT2D eigenvalue weighted by molar-refractivity contribution is 0.0992. The van der Waals surface area contributed by atoms with Crippen molar-refractivity contribution in [3.8, 4) is 0 Å². The first-order chi connectivity index (χ1) is 7.97. The molecule has 0 aromatic heterocycles. The summed E-state index contributed by atoms with van der Waals surface area (Å²) in [6, 6.07) is 6.70. The number of hydrogen-bond donors (Lipinski definition) is 0. The highest BCUT2D eigenvalue weighted by Gasteiger charge is 2.24. The third-order valence-electron chi connectivity index (χ3n) is 2.82.